The molecule has 3 heteroatoms. The molecule has 0 aromatic heterocycles. The molecule has 1 fully saturated rings. The fourth-order valence-corrected chi connectivity index (χ4v) is 3.45. The minimum absolute atomic E-state index is 0.0128. The van der Waals surface area contributed by atoms with Crippen molar-refractivity contribution in [3.8, 4) is 0 Å². The predicted octanol–water partition coefficient (Wildman–Crippen LogP) is 5.05. The number of halogens is 2. The summed E-state index contributed by atoms with van der Waals surface area (Å²) in [5, 5.41) is 0. The lowest BCUT2D eigenvalue weighted by molar-refractivity contribution is 0.0839. The molecule has 0 saturated heterocycles. The van der Waals surface area contributed by atoms with Gasteiger partial charge in [0.05, 0.1) is 5.41 Å². The van der Waals surface area contributed by atoms with Crippen LogP contribution in [0.3, 0.4) is 0 Å². The molecule has 1 saturated carbocycles. The zero-order valence-electron chi connectivity index (χ0n) is 12.3. The molecule has 22 heavy (non-hydrogen) atoms. The van der Waals surface area contributed by atoms with Crippen molar-refractivity contribution in [1.29, 1.82) is 0 Å². The van der Waals surface area contributed by atoms with Gasteiger partial charge in [-0.05, 0) is 54.8 Å². The number of hydrogen-bond donors (Lipinski definition) is 0. The summed E-state index contributed by atoms with van der Waals surface area (Å²) in [6, 6.07) is 11.9. The number of benzene rings is 2. The van der Waals surface area contributed by atoms with Crippen LogP contribution >= 0.6 is 0 Å². The van der Waals surface area contributed by atoms with Gasteiger partial charge < -0.3 is 0 Å². The summed E-state index contributed by atoms with van der Waals surface area (Å²) >= 11 is 0. The Kier molecular flexibility index (Phi) is 4.06. The van der Waals surface area contributed by atoms with E-state index in [4.69, 9.17) is 0 Å². The van der Waals surface area contributed by atoms with Gasteiger partial charge in [-0.25, -0.2) is 8.78 Å². The molecule has 2 aromatic carbocycles. The average molecular weight is 300 g/mol. The Morgan fingerprint density at radius 1 is 0.773 bits per heavy atom. The molecule has 0 atom stereocenters. The van der Waals surface area contributed by atoms with Gasteiger partial charge >= 0.3 is 0 Å². The van der Waals surface area contributed by atoms with Crippen LogP contribution in [0.15, 0.2) is 48.5 Å². The second kappa shape index (κ2) is 5.99. The number of rotatable bonds is 3. The lowest BCUT2D eigenvalue weighted by Gasteiger charge is -2.36. The van der Waals surface area contributed by atoms with E-state index in [0.29, 0.717) is 5.56 Å². The van der Waals surface area contributed by atoms with Crippen molar-refractivity contribution in [1.82, 2.24) is 0 Å². The molecule has 0 heterocycles. The number of carbonyl (C=O) groups excluding carboxylic acids is 1. The third-order valence-electron chi connectivity index (χ3n) is 4.64. The zero-order valence-corrected chi connectivity index (χ0v) is 12.3. The number of carbonyl (C=O) groups is 1. The Hall–Kier alpha value is -2.03. The normalized spacial score (nSPS) is 17.2. The SMILES string of the molecule is O=C(c1ccc(F)cc1)C1(c2ccc(F)cc2)CCCCC1. The summed E-state index contributed by atoms with van der Waals surface area (Å²) in [6.45, 7) is 0. The first-order valence-electron chi connectivity index (χ1n) is 7.68. The smallest absolute Gasteiger partial charge is 0.173 e. The number of ketones is 1. The maximum atomic E-state index is 13.2. The molecule has 0 amide bonds. The Morgan fingerprint density at radius 2 is 1.27 bits per heavy atom. The van der Waals surface area contributed by atoms with Crippen molar-refractivity contribution in [2.45, 2.75) is 37.5 Å². The van der Waals surface area contributed by atoms with Gasteiger partial charge in [0.25, 0.3) is 0 Å². The van der Waals surface area contributed by atoms with E-state index in [0.717, 1.165) is 37.7 Å². The molecule has 0 aliphatic heterocycles. The summed E-state index contributed by atoms with van der Waals surface area (Å²) in [4.78, 5) is 13.1. The van der Waals surface area contributed by atoms with Crippen LogP contribution in [-0.4, -0.2) is 5.78 Å². The fraction of sp³-hybridized carbons (Fsp3) is 0.316. The van der Waals surface area contributed by atoms with Gasteiger partial charge in [0.1, 0.15) is 11.6 Å². The lowest BCUT2D eigenvalue weighted by Crippen LogP contribution is -2.38. The van der Waals surface area contributed by atoms with Crippen LogP contribution in [0, 0.1) is 11.6 Å². The third kappa shape index (κ3) is 2.68. The quantitative estimate of drug-likeness (QED) is 0.725. The molecule has 1 aliphatic rings. The average Bonchev–Trinajstić information content (AvgIpc) is 2.56. The second-order valence-electron chi connectivity index (χ2n) is 5.99. The number of Topliss-reactive ketones (excluding diaryl/α,β-unsaturated/α-hetero) is 1. The van der Waals surface area contributed by atoms with Crippen LogP contribution in [0.2, 0.25) is 0 Å². The van der Waals surface area contributed by atoms with Crippen molar-refractivity contribution in [2.24, 2.45) is 0 Å². The van der Waals surface area contributed by atoms with Crippen LogP contribution in [-0.2, 0) is 5.41 Å². The summed E-state index contributed by atoms with van der Waals surface area (Å²) in [7, 11) is 0. The molecule has 3 rings (SSSR count). The van der Waals surface area contributed by atoms with E-state index in [2.05, 4.69) is 0 Å². The van der Waals surface area contributed by atoms with E-state index in [-0.39, 0.29) is 17.4 Å². The Morgan fingerprint density at radius 3 is 1.82 bits per heavy atom. The summed E-state index contributed by atoms with van der Waals surface area (Å²) < 4.78 is 26.3. The van der Waals surface area contributed by atoms with Gasteiger partial charge in [-0.1, -0.05) is 31.4 Å². The minimum Gasteiger partial charge on any atom is -0.293 e. The van der Waals surface area contributed by atoms with Gasteiger partial charge in [-0.2, -0.15) is 0 Å². The molecule has 1 aliphatic carbocycles. The first-order valence-corrected chi connectivity index (χ1v) is 7.68. The topological polar surface area (TPSA) is 17.1 Å². The zero-order chi connectivity index (χ0) is 15.6. The van der Waals surface area contributed by atoms with Gasteiger partial charge in [0.15, 0.2) is 5.78 Å². The number of hydrogen-bond acceptors (Lipinski definition) is 1. The summed E-state index contributed by atoms with van der Waals surface area (Å²) in [6.07, 6.45) is 4.58. The molecule has 0 bridgehead atoms. The third-order valence-corrected chi connectivity index (χ3v) is 4.64. The Bertz CT molecular complexity index is 653. The van der Waals surface area contributed by atoms with Gasteiger partial charge in [0, 0.05) is 5.56 Å². The second-order valence-corrected chi connectivity index (χ2v) is 5.99. The van der Waals surface area contributed by atoms with Crippen LogP contribution in [0.4, 0.5) is 8.78 Å². The molecule has 0 unspecified atom stereocenters. The van der Waals surface area contributed by atoms with Crippen molar-refractivity contribution >= 4 is 5.78 Å². The Balaban J connectivity index is 2.03. The molecule has 114 valence electrons. The highest BCUT2D eigenvalue weighted by Gasteiger charge is 2.41. The van der Waals surface area contributed by atoms with Crippen LogP contribution < -0.4 is 0 Å². The van der Waals surface area contributed by atoms with Gasteiger partial charge in [-0.15, -0.1) is 0 Å². The van der Waals surface area contributed by atoms with E-state index in [1.807, 2.05) is 0 Å². The largest absolute Gasteiger partial charge is 0.293 e. The highest BCUT2D eigenvalue weighted by molar-refractivity contribution is 6.04. The molecule has 1 nitrogen and oxygen atoms in total. The van der Waals surface area contributed by atoms with Crippen LogP contribution in [0.1, 0.15) is 48.0 Å². The van der Waals surface area contributed by atoms with Crippen molar-refractivity contribution in [3.05, 3.63) is 71.3 Å². The maximum absolute atomic E-state index is 13.2. The first kappa shape index (κ1) is 14.9. The highest BCUT2D eigenvalue weighted by Crippen LogP contribution is 2.42. The molecule has 2 aromatic rings. The van der Waals surface area contributed by atoms with E-state index >= 15 is 0 Å². The molecule has 0 spiro atoms. The van der Waals surface area contributed by atoms with Crippen molar-refractivity contribution in [3.63, 3.8) is 0 Å². The predicted molar refractivity (Wildman–Crippen MR) is 81.9 cm³/mol. The summed E-state index contributed by atoms with van der Waals surface area (Å²) in [5.41, 5.74) is 0.777. The minimum atomic E-state index is -0.607. The molecular weight excluding hydrogens is 282 g/mol. The Labute approximate surface area is 129 Å². The molecular formula is C19H18F2O. The lowest BCUT2D eigenvalue weighted by atomic mass is 9.65. The van der Waals surface area contributed by atoms with Crippen molar-refractivity contribution in [2.75, 3.05) is 0 Å². The van der Waals surface area contributed by atoms with Gasteiger partial charge in [-0.3, -0.25) is 4.79 Å². The van der Waals surface area contributed by atoms with Crippen LogP contribution in [0.25, 0.3) is 0 Å². The maximum Gasteiger partial charge on any atom is 0.173 e. The van der Waals surface area contributed by atoms with Crippen molar-refractivity contribution < 1.29 is 13.6 Å². The van der Waals surface area contributed by atoms with E-state index in [9.17, 15) is 13.6 Å². The molecule has 0 N–H and O–H groups in total. The van der Waals surface area contributed by atoms with Crippen LogP contribution in [0.5, 0.6) is 0 Å². The standard InChI is InChI=1S/C19H18F2O/c20-16-8-4-14(5-9-16)18(22)19(12-2-1-3-13-19)15-6-10-17(21)11-7-15/h4-11H,1-3,12-13H2. The van der Waals surface area contributed by atoms with E-state index < -0.39 is 5.41 Å². The fourth-order valence-electron chi connectivity index (χ4n) is 3.45. The van der Waals surface area contributed by atoms with E-state index in [1.165, 1.54) is 36.4 Å². The summed E-state index contributed by atoms with van der Waals surface area (Å²) in [5.74, 6) is -0.640. The monoisotopic (exact) mass is 300 g/mol. The molecule has 0 radical (unpaired) electrons. The van der Waals surface area contributed by atoms with Gasteiger partial charge in [0.2, 0.25) is 0 Å². The first-order chi connectivity index (χ1) is 10.6. The highest BCUT2D eigenvalue weighted by atomic mass is 19.1. The van der Waals surface area contributed by atoms with E-state index in [1.54, 1.807) is 12.1 Å².